The number of carbonyl (C=O) groups is 1. The molecule has 0 aliphatic carbocycles. The van der Waals surface area contributed by atoms with Crippen molar-refractivity contribution in [3.63, 3.8) is 0 Å². The molecule has 0 saturated heterocycles. The van der Waals surface area contributed by atoms with Gasteiger partial charge in [-0.05, 0) is 29.8 Å². The Morgan fingerprint density at radius 1 is 1.21 bits per heavy atom. The molecule has 2 aromatic rings. The molecule has 0 aliphatic rings. The Morgan fingerprint density at radius 2 is 1.92 bits per heavy atom. The van der Waals surface area contributed by atoms with Crippen molar-refractivity contribution in [3.05, 3.63) is 59.4 Å². The molecule has 6 nitrogen and oxygen atoms in total. The van der Waals surface area contributed by atoms with Crippen molar-refractivity contribution >= 4 is 21.7 Å². The SMILES string of the molecule is COc1ccc(COC(=O)c2ccccc2NS(C)(=O)=O)cc1F. The fraction of sp³-hybridized carbons (Fsp3) is 0.188. The lowest BCUT2D eigenvalue weighted by atomic mass is 10.2. The molecule has 1 N–H and O–H groups in total. The Labute approximate surface area is 139 Å². The lowest BCUT2D eigenvalue weighted by molar-refractivity contribution is 0.0473. The first-order chi connectivity index (χ1) is 11.3. The number of carbonyl (C=O) groups excluding carboxylic acids is 1. The van der Waals surface area contributed by atoms with Gasteiger partial charge in [0.05, 0.1) is 24.6 Å². The van der Waals surface area contributed by atoms with Gasteiger partial charge in [0.1, 0.15) is 6.61 Å². The summed E-state index contributed by atoms with van der Waals surface area (Å²) in [5.74, 6) is -1.20. The standard InChI is InChI=1S/C16H16FNO5S/c1-22-15-8-7-11(9-13(15)17)10-23-16(19)12-5-3-4-6-14(12)18-24(2,20)21/h3-9,18H,10H2,1-2H3. The average Bonchev–Trinajstić information content (AvgIpc) is 2.51. The maximum atomic E-state index is 13.6. The van der Waals surface area contributed by atoms with Crippen LogP contribution in [0, 0.1) is 5.82 Å². The summed E-state index contributed by atoms with van der Waals surface area (Å²) >= 11 is 0. The largest absolute Gasteiger partial charge is 0.494 e. The number of sulfonamides is 1. The van der Waals surface area contributed by atoms with E-state index >= 15 is 0 Å². The van der Waals surface area contributed by atoms with E-state index in [1.807, 2.05) is 0 Å². The first-order valence-electron chi connectivity index (χ1n) is 6.86. The summed E-state index contributed by atoms with van der Waals surface area (Å²) in [6.45, 7) is -0.160. The number of nitrogens with one attached hydrogen (secondary N) is 1. The van der Waals surface area contributed by atoms with Crippen LogP contribution >= 0.6 is 0 Å². The minimum absolute atomic E-state index is 0.0666. The highest BCUT2D eigenvalue weighted by molar-refractivity contribution is 7.92. The van der Waals surface area contributed by atoms with Crippen LogP contribution in [0.3, 0.4) is 0 Å². The average molecular weight is 353 g/mol. The van der Waals surface area contributed by atoms with Crippen molar-refractivity contribution in [1.82, 2.24) is 0 Å². The van der Waals surface area contributed by atoms with Crippen LogP contribution in [0.5, 0.6) is 5.75 Å². The Morgan fingerprint density at radius 3 is 2.54 bits per heavy atom. The van der Waals surface area contributed by atoms with Crippen LogP contribution in [-0.4, -0.2) is 27.8 Å². The molecular weight excluding hydrogens is 337 g/mol. The molecule has 0 spiro atoms. The van der Waals surface area contributed by atoms with E-state index in [0.29, 0.717) is 5.56 Å². The van der Waals surface area contributed by atoms with Crippen molar-refractivity contribution < 1.29 is 27.1 Å². The van der Waals surface area contributed by atoms with Crippen molar-refractivity contribution in [2.75, 3.05) is 18.1 Å². The van der Waals surface area contributed by atoms with Gasteiger partial charge in [-0.3, -0.25) is 4.72 Å². The summed E-state index contributed by atoms with van der Waals surface area (Å²) in [6.07, 6.45) is 0.981. The summed E-state index contributed by atoms with van der Waals surface area (Å²) in [5.41, 5.74) is 0.623. The zero-order valence-corrected chi connectivity index (χ0v) is 13.9. The second kappa shape index (κ2) is 7.31. The number of ether oxygens (including phenoxy) is 2. The molecular formula is C16H16FNO5S. The van der Waals surface area contributed by atoms with E-state index in [1.165, 1.54) is 31.4 Å². The molecule has 128 valence electrons. The molecule has 0 aromatic heterocycles. The van der Waals surface area contributed by atoms with Gasteiger partial charge in [-0.1, -0.05) is 18.2 Å². The topological polar surface area (TPSA) is 81.7 Å². The van der Waals surface area contributed by atoms with Crippen molar-refractivity contribution in [3.8, 4) is 5.75 Å². The Balaban J connectivity index is 2.12. The third kappa shape index (κ3) is 4.69. The van der Waals surface area contributed by atoms with Crippen molar-refractivity contribution in [2.24, 2.45) is 0 Å². The molecule has 0 amide bonds. The Kier molecular flexibility index (Phi) is 5.40. The second-order valence-electron chi connectivity index (χ2n) is 4.96. The summed E-state index contributed by atoms with van der Waals surface area (Å²) in [7, 11) is -2.18. The number of para-hydroxylation sites is 1. The van der Waals surface area contributed by atoms with Gasteiger partial charge in [0.25, 0.3) is 0 Å². The predicted octanol–water partition coefficient (Wildman–Crippen LogP) is 2.56. The fourth-order valence-electron chi connectivity index (χ4n) is 1.98. The number of rotatable bonds is 6. The van der Waals surface area contributed by atoms with E-state index in [0.717, 1.165) is 6.26 Å². The van der Waals surface area contributed by atoms with Crippen LogP contribution in [0.2, 0.25) is 0 Å². The smallest absolute Gasteiger partial charge is 0.340 e. The van der Waals surface area contributed by atoms with E-state index in [4.69, 9.17) is 9.47 Å². The minimum Gasteiger partial charge on any atom is -0.494 e. The number of anilines is 1. The monoisotopic (exact) mass is 353 g/mol. The summed E-state index contributed by atoms with van der Waals surface area (Å²) in [5, 5.41) is 0. The highest BCUT2D eigenvalue weighted by Crippen LogP contribution is 2.20. The van der Waals surface area contributed by atoms with Crippen LogP contribution in [0.4, 0.5) is 10.1 Å². The Hall–Kier alpha value is -2.61. The molecule has 2 rings (SSSR count). The van der Waals surface area contributed by atoms with Crippen molar-refractivity contribution in [2.45, 2.75) is 6.61 Å². The lowest BCUT2D eigenvalue weighted by Crippen LogP contribution is -2.14. The van der Waals surface area contributed by atoms with Gasteiger partial charge in [0.2, 0.25) is 10.0 Å². The number of esters is 1. The van der Waals surface area contributed by atoms with Gasteiger partial charge in [0.15, 0.2) is 11.6 Å². The van der Waals surface area contributed by atoms with Gasteiger partial charge in [0, 0.05) is 0 Å². The number of halogens is 1. The predicted molar refractivity (Wildman–Crippen MR) is 87.0 cm³/mol. The number of hydrogen-bond donors (Lipinski definition) is 1. The molecule has 8 heteroatoms. The molecule has 0 bridgehead atoms. The van der Waals surface area contributed by atoms with Crippen LogP contribution in [0.25, 0.3) is 0 Å². The summed E-state index contributed by atoms with van der Waals surface area (Å²) < 4.78 is 48.5. The van der Waals surface area contributed by atoms with Gasteiger partial charge in [-0.25, -0.2) is 17.6 Å². The number of benzene rings is 2. The third-order valence-electron chi connectivity index (χ3n) is 3.03. The van der Waals surface area contributed by atoms with Crippen LogP contribution in [0.1, 0.15) is 15.9 Å². The lowest BCUT2D eigenvalue weighted by Gasteiger charge is -2.11. The first kappa shape index (κ1) is 17.7. The van der Waals surface area contributed by atoms with Crippen molar-refractivity contribution in [1.29, 1.82) is 0 Å². The quantitative estimate of drug-likeness (QED) is 0.807. The zero-order valence-electron chi connectivity index (χ0n) is 13.1. The maximum Gasteiger partial charge on any atom is 0.340 e. The van der Waals surface area contributed by atoms with Gasteiger partial charge in [-0.15, -0.1) is 0 Å². The highest BCUT2D eigenvalue weighted by Gasteiger charge is 2.15. The van der Waals surface area contributed by atoms with Crippen LogP contribution in [-0.2, 0) is 21.4 Å². The van der Waals surface area contributed by atoms with E-state index in [1.54, 1.807) is 18.2 Å². The normalized spacial score (nSPS) is 11.0. The molecule has 0 aliphatic heterocycles. The van der Waals surface area contributed by atoms with Gasteiger partial charge < -0.3 is 9.47 Å². The first-order valence-corrected chi connectivity index (χ1v) is 8.75. The molecule has 0 heterocycles. The highest BCUT2D eigenvalue weighted by atomic mass is 32.2. The number of methoxy groups -OCH3 is 1. The van der Waals surface area contributed by atoms with Gasteiger partial charge >= 0.3 is 5.97 Å². The molecule has 0 atom stereocenters. The molecule has 0 saturated carbocycles. The second-order valence-corrected chi connectivity index (χ2v) is 6.71. The molecule has 0 unspecified atom stereocenters. The molecule has 24 heavy (non-hydrogen) atoms. The van der Waals surface area contributed by atoms with Crippen LogP contribution in [0.15, 0.2) is 42.5 Å². The van der Waals surface area contributed by atoms with E-state index in [-0.39, 0.29) is 23.6 Å². The summed E-state index contributed by atoms with van der Waals surface area (Å²) in [4.78, 5) is 12.2. The zero-order chi connectivity index (χ0) is 17.7. The van der Waals surface area contributed by atoms with Gasteiger partial charge in [-0.2, -0.15) is 0 Å². The van der Waals surface area contributed by atoms with E-state index < -0.39 is 21.8 Å². The fourth-order valence-corrected chi connectivity index (χ4v) is 2.55. The minimum atomic E-state index is -3.53. The van der Waals surface area contributed by atoms with E-state index in [9.17, 15) is 17.6 Å². The number of hydrogen-bond acceptors (Lipinski definition) is 5. The molecule has 0 radical (unpaired) electrons. The summed E-state index contributed by atoms with van der Waals surface area (Å²) in [6, 6.07) is 10.2. The maximum absolute atomic E-state index is 13.6. The Bertz CT molecular complexity index is 851. The third-order valence-corrected chi connectivity index (χ3v) is 3.62. The van der Waals surface area contributed by atoms with Crippen LogP contribution < -0.4 is 9.46 Å². The van der Waals surface area contributed by atoms with E-state index in [2.05, 4.69) is 4.72 Å². The molecule has 2 aromatic carbocycles. The molecule has 0 fully saturated rings.